The van der Waals surface area contributed by atoms with Gasteiger partial charge in [0, 0.05) is 6.54 Å². The second-order valence-corrected chi connectivity index (χ2v) is 7.90. The van der Waals surface area contributed by atoms with Gasteiger partial charge in [-0.2, -0.15) is 0 Å². The Morgan fingerprint density at radius 1 is 1.07 bits per heavy atom. The van der Waals surface area contributed by atoms with E-state index in [4.69, 9.17) is 34.8 Å². The first kappa shape index (κ1) is 19.2. The summed E-state index contributed by atoms with van der Waals surface area (Å²) in [6, 6.07) is 12.7. The lowest BCUT2D eigenvalue weighted by Gasteiger charge is -2.24. The molecule has 144 valence electrons. The van der Waals surface area contributed by atoms with E-state index >= 15 is 0 Å². The second kappa shape index (κ2) is 7.74. The van der Waals surface area contributed by atoms with Crippen LogP contribution in [0.2, 0.25) is 15.1 Å². The van der Waals surface area contributed by atoms with Crippen molar-refractivity contribution in [2.45, 2.75) is 25.8 Å². The number of amides is 1. The van der Waals surface area contributed by atoms with Gasteiger partial charge in [0.1, 0.15) is 5.82 Å². The lowest BCUT2D eigenvalue weighted by atomic mass is 10.0. The van der Waals surface area contributed by atoms with Gasteiger partial charge in [0.05, 0.1) is 26.8 Å². The highest BCUT2D eigenvalue weighted by atomic mass is 35.5. The lowest BCUT2D eigenvalue weighted by Crippen LogP contribution is -2.31. The molecule has 0 spiro atoms. The molecule has 5 nitrogen and oxygen atoms in total. The number of aryl methyl sites for hydroxylation is 1. The number of rotatable bonds is 3. The normalized spacial score (nSPS) is 16.6. The van der Waals surface area contributed by atoms with E-state index in [1.807, 2.05) is 30.3 Å². The Balaban J connectivity index is 1.65. The van der Waals surface area contributed by atoms with Crippen LogP contribution in [0.25, 0.3) is 5.69 Å². The monoisotopic (exact) mass is 434 g/mol. The van der Waals surface area contributed by atoms with Crippen molar-refractivity contribution < 1.29 is 4.79 Å². The summed E-state index contributed by atoms with van der Waals surface area (Å²) in [5.74, 6) is 0.550. The number of hydrogen-bond donors (Lipinski definition) is 0. The first-order valence-corrected chi connectivity index (χ1v) is 10.0. The molecule has 0 radical (unpaired) electrons. The zero-order valence-electron chi connectivity index (χ0n) is 15.1. The van der Waals surface area contributed by atoms with Gasteiger partial charge in [-0.3, -0.25) is 4.79 Å². The van der Waals surface area contributed by atoms with E-state index in [1.54, 1.807) is 28.6 Å². The molecular formula is C20H17Cl3N4O. The van der Waals surface area contributed by atoms with Crippen molar-refractivity contribution in [2.24, 2.45) is 0 Å². The van der Waals surface area contributed by atoms with Gasteiger partial charge in [0.15, 0.2) is 0 Å². The zero-order valence-corrected chi connectivity index (χ0v) is 17.3. The van der Waals surface area contributed by atoms with Crippen molar-refractivity contribution in [1.82, 2.24) is 19.7 Å². The Labute approximate surface area is 177 Å². The minimum Gasteiger partial charge on any atom is -0.329 e. The lowest BCUT2D eigenvalue weighted by molar-refractivity contribution is 0.0723. The summed E-state index contributed by atoms with van der Waals surface area (Å²) < 4.78 is 1.60. The van der Waals surface area contributed by atoms with E-state index in [9.17, 15) is 4.79 Å². The Hall–Kier alpha value is -2.08. The number of para-hydroxylation sites is 1. The molecule has 1 aliphatic heterocycles. The number of nitrogens with zero attached hydrogens (tertiary/aromatic N) is 4. The fraction of sp³-hybridized carbons (Fsp3) is 0.250. The van der Waals surface area contributed by atoms with Gasteiger partial charge >= 0.3 is 0 Å². The van der Waals surface area contributed by atoms with Gasteiger partial charge in [-0.25, -0.2) is 9.67 Å². The summed E-state index contributed by atoms with van der Waals surface area (Å²) in [5, 5.41) is 5.95. The van der Waals surface area contributed by atoms with Crippen molar-refractivity contribution >= 4 is 40.7 Å². The Bertz CT molecular complexity index is 1050. The predicted octanol–water partition coefficient (Wildman–Crippen LogP) is 5.51. The first-order chi connectivity index (χ1) is 13.5. The average molecular weight is 436 g/mol. The summed E-state index contributed by atoms with van der Waals surface area (Å²) in [4.78, 5) is 19.3. The molecule has 28 heavy (non-hydrogen) atoms. The van der Waals surface area contributed by atoms with Crippen molar-refractivity contribution in [3.63, 3.8) is 0 Å². The largest absolute Gasteiger partial charge is 0.329 e. The molecular weight excluding hydrogens is 419 g/mol. The molecule has 1 atom stereocenters. The molecule has 0 bridgehead atoms. The SMILES string of the molecule is Cc1nc(C(=O)N2CCCC2c2ccc(Cl)c(Cl)c2)nn1-c1ccccc1Cl. The highest BCUT2D eigenvalue weighted by Crippen LogP contribution is 2.35. The Morgan fingerprint density at radius 3 is 2.61 bits per heavy atom. The Morgan fingerprint density at radius 2 is 1.86 bits per heavy atom. The van der Waals surface area contributed by atoms with E-state index in [1.165, 1.54) is 0 Å². The maximum absolute atomic E-state index is 13.2. The molecule has 1 aromatic heterocycles. The first-order valence-electron chi connectivity index (χ1n) is 8.90. The number of benzene rings is 2. The van der Waals surface area contributed by atoms with Crippen LogP contribution in [0.3, 0.4) is 0 Å². The highest BCUT2D eigenvalue weighted by Gasteiger charge is 2.33. The smallest absolute Gasteiger partial charge is 0.294 e. The number of halogens is 3. The highest BCUT2D eigenvalue weighted by molar-refractivity contribution is 6.42. The molecule has 1 fully saturated rings. The van der Waals surface area contributed by atoms with Crippen molar-refractivity contribution in [3.05, 3.63) is 74.7 Å². The molecule has 3 aromatic rings. The maximum atomic E-state index is 13.2. The van der Waals surface area contributed by atoms with Crippen LogP contribution in [0.1, 0.15) is 40.9 Å². The van der Waals surface area contributed by atoms with Gasteiger partial charge in [0.25, 0.3) is 5.91 Å². The average Bonchev–Trinajstić information content (AvgIpc) is 3.31. The third-order valence-electron chi connectivity index (χ3n) is 4.88. The summed E-state index contributed by atoms with van der Waals surface area (Å²) in [6.07, 6.45) is 1.76. The molecule has 4 rings (SSSR count). The van der Waals surface area contributed by atoms with Crippen molar-refractivity contribution in [1.29, 1.82) is 0 Å². The van der Waals surface area contributed by atoms with Crippen LogP contribution < -0.4 is 0 Å². The van der Waals surface area contributed by atoms with Crippen LogP contribution in [0.4, 0.5) is 0 Å². The fourth-order valence-electron chi connectivity index (χ4n) is 3.54. The van der Waals surface area contributed by atoms with Crippen molar-refractivity contribution in [2.75, 3.05) is 6.54 Å². The standard InChI is InChI=1S/C20H17Cl3N4O/c1-12-24-19(25-27(12)18-6-3-2-5-15(18)22)20(28)26-10-4-7-17(26)13-8-9-14(21)16(23)11-13/h2-3,5-6,8-9,11,17H,4,7,10H2,1H3. The molecule has 2 aromatic carbocycles. The number of carbonyl (C=O) groups excluding carboxylic acids is 1. The molecule has 0 aliphatic carbocycles. The predicted molar refractivity (Wildman–Crippen MR) is 111 cm³/mol. The van der Waals surface area contributed by atoms with Gasteiger partial charge < -0.3 is 4.90 Å². The number of hydrogen-bond acceptors (Lipinski definition) is 3. The molecule has 1 aliphatic rings. The van der Waals surface area contributed by atoms with Crippen molar-refractivity contribution in [3.8, 4) is 5.69 Å². The van der Waals surface area contributed by atoms with Crippen LogP contribution >= 0.6 is 34.8 Å². The molecule has 1 amide bonds. The second-order valence-electron chi connectivity index (χ2n) is 6.68. The van der Waals surface area contributed by atoms with Gasteiger partial charge in [-0.05, 0) is 49.6 Å². The van der Waals surface area contributed by atoms with Crippen LogP contribution in [-0.2, 0) is 0 Å². The number of aromatic nitrogens is 3. The summed E-state index contributed by atoms with van der Waals surface area (Å²) >= 11 is 18.5. The zero-order chi connectivity index (χ0) is 19.8. The van der Waals surface area contributed by atoms with Crippen LogP contribution in [0.5, 0.6) is 0 Å². The molecule has 1 unspecified atom stereocenters. The molecule has 0 N–H and O–H groups in total. The van der Waals surface area contributed by atoms with Gasteiger partial charge in [-0.1, -0.05) is 53.0 Å². The maximum Gasteiger partial charge on any atom is 0.294 e. The number of carbonyl (C=O) groups is 1. The van der Waals surface area contributed by atoms with E-state index < -0.39 is 0 Å². The fourth-order valence-corrected chi connectivity index (χ4v) is 4.06. The number of likely N-dealkylation sites (tertiary alicyclic amines) is 1. The summed E-state index contributed by atoms with van der Waals surface area (Å²) in [7, 11) is 0. The van der Waals surface area contributed by atoms with Crippen LogP contribution in [0, 0.1) is 6.92 Å². The van der Waals surface area contributed by atoms with E-state index in [0.717, 1.165) is 18.4 Å². The molecule has 0 saturated carbocycles. The van der Waals surface area contributed by atoms with E-state index in [2.05, 4.69) is 10.1 Å². The quantitative estimate of drug-likeness (QED) is 0.545. The summed E-state index contributed by atoms with van der Waals surface area (Å²) in [5.41, 5.74) is 1.65. The van der Waals surface area contributed by atoms with Crippen LogP contribution in [-0.4, -0.2) is 32.1 Å². The Kier molecular flexibility index (Phi) is 5.32. The third kappa shape index (κ3) is 3.50. The van der Waals surface area contributed by atoms with E-state index in [0.29, 0.717) is 33.1 Å². The molecule has 2 heterocycles. The minimum absolute atomic E-state index is 0.0742. The summed E-state index contributed by atoms with van der Waals surface area (Å²) in [6.45, 7) is 2.44. The van der Waals surface area contributed by atoms with Crippen LogP contribution in [0.15, 0.2) is 42.5 Å². The van der Waals surface area contributed by atoms with E-state index in [-0.39, 0.29) is 17.8 Å². The molecule has 1 saturated heterocycles. The topological polar surface area (TPSA) is 51.0 Å². The van der Waals surface area contributed by atoms with Gasteiger partial charge in [0.2, 0.25) is 5.82 Å². The third-order valence-corrected chi connectivity index (χ3v) is 5.94. The van der Waals surface area contributed by atoms with Gasteiger partial charge in [-0.15, -0.1) is 5.10 Å². The molecule has 8 heteroatoms. The minimum atomic E-state index is -0.206.